The Balaban J connectivity index is 1.90. The zero-order chi connectivity index (χ0) is 11.7. The Morgan fingerprint density at radius 3 is 2.75 bits per heavy atom. The van der Waals surface area contributed by atoms with E-state index in [9.17, 15) is 4.39 Å². The van der Waals surface area contributed by atoms with Crippen molar-refractivity contribution in [3.05, 3.63) is 29.6 Å². The Morgan fingerprint density at radius 1 is 1.50 bits per heavy atom. The first kappa shape index (κ1) is 11.4. The Bertz CT molecular complexity index is 378. The molecule has 2 N–H and O–H groups in total. The van der Waals surface area contributed by atoms with Gasteiger partial charge in [0, 0.05) is 13.1 Å². The summed E-state index contributed by atoms with van der Waals surface area (Å²) in [5.74, 6) is 1.39. The van der Waals surface area contributed by atoms with Crippen molar-refractivity contribution in [2.24, 2.45) is 11.8 Å². The second-order valence-corrected chi connectivity index (χ2v) is 5.03. The van der Waals surface area contributed by atoms with E-state index in [0.29, 0.717) is 0 Å². The molecule has 1 aromatic rings. The first-order chi connectivity index (χ1) is 7.56. The number of nitrogens with zero attached hydrogens (tertiary/aromatic N) is 1. The van der Waals surface area contributed by atoms with Crippen LogP contribution in [0.5, 0.6) is 0 Å². The first-order valence-electron chi connectivity index (χ1n) is 5.78. The van der Waals surface area contributed by atoms with E-state index in [1.807, 2.05) is 6.07 Å². The summed E-state index contributed by atoms with van der Waals surface area (Å²) in [5, 5.41) is 0. The van der Waals surface area contributed by atoms with Crippen molar-refractivity contribution >= 4 is 5.69 Å². The molecule has 2 atom stereocenters. The van der Waals surface area contributed by atoms with Crippen molar-refractivity contribution < 1.29 is 4.39 Å². The van der Waals surface area contributed by atoms with Gasteiger partial charge in [-0.2, -0.15) is 0 Å². The highest BCUT2D eigenvalue weighted by Gasteiger charge is 2.32. The lowest BCUT2D eigenvalue weighted by Crippen LogP contribution is -2.21. The topological polar surface area (TPSA) is 29.3 Å². The average molecular weight is 222 g/mol. The van der Waals surface area contributed by atoms with Gasteiger partial charge in [-0.1, -0.05) is 13.0 Å². The molecule has 0 bridgehead atoms. The minimum absolute atomic E-state index is 0.224. The average Bonchev–Trinajstić information content (AvgIpc) is 2.88. The fraction of sp³-hybridized carbons (Fsp3) is 0.538. The Hall–Kier alpha value is -1.09. The number of nitrogens with two attached hydrogens (primary N) is 1. The summed E-state index contributed by atoms with van der Waals surface area (Å²) in [6, 6.07) is 5.06. The fourth-order valence-corrected chi connectivity index (χ4v) is 2.10. The SMILES string of the molecule is CC1CC1CN(C)Cc1ccc(N)c(F)c1. The molecule has 1 aliphatic rings. The van der Waals surface area contributed by atoms with Gasteiger partial charge in [0.1, 0.15) is 5.82 Å². The number of benzene rings is 1. The molecular formula is C13H19FN2. The van der Waals surface area contributed by atoms with E-state index >= 15 is 0 Å². The lowest BCUT2D eigenvalue weighted by molar-refractivity contribution is 0.307. The number of halogens is 1. The monoisotopic (exact) mass is 222 g/mol. The molecule has 0 amide bonds. The molecule has 0 heterocycles. The van der Waals surface area contributed by atoms with Gasteiger partial charge in [0.15, 0.2) is 0 Å². The molecule has 1 fully saturated rings. The molecule has 2 rings (SSSR count). The van der Waals surface area contributed by atoms with E-state index in [0.717, 1.165) is 30.5 Å². The highest BCUT2D eigenvalue weighted by atomic mass is 19.1. The minimum atomic E-state index is -0.314. The largest absolute Gasteiger partial charge is 0.396 e. The second kappa shape index (κ2) is 4.42. The quantitative estimate of drug-likeness (QED) is 0.793. The van der Waals surface area contributed by atoms with E-state index in [-0.39, 0.29) is 11.5 Å². The highest BCUT2D eigenvalue weighted by Crippen LogP contribution is 2.38. The molecular weight excluding hydrogens is 203 g/mol. The first-order valence-corrected chi connectivity index (χ1v) is 5.78. The lowest BCUT2D eigenvalue weighted by Gasteiger charge is -2.16. The van der Waals surface area contributed by atoms with Gasteiger partial charge in [0.05, 0.1) is 5.69 Å². The van der Waals surface area contributed by atoms with Crippen LogP contribution in [0.2, 0.25) is 0 Å². The van der Waals surface area contributed by atoms with Crippen molar-refractivity contribution in [3.63, 3.8) is 0 Å². The standard InChI is InChI=1S/C13H19FN2/c1-9-5-11(9)8-16(2)7-10-3-4-13(15)12(14)6-10/h3-4,6,9,11H,5,7-8,15H2,1-2H3. The van der Waals surface area contributed by atoms with Crippen LogP contribution in [0.1, 0.15) is 18.9 Å². The molecule has 0 aliphatic heterocycles. The summed E-state index contributed by atoms with van der Waals surface area (Å²) >= 11 is 0. The molecule has 0 radical (unpaired) electrons. The molecule has 0 spiro atoms. The van der Waals surface area contributed by atoms with Gasteiger partial charge in [0.25, 0.3) is 0 Å². The molecule has 1 aromatic carbocycles. The Kier molecular flexibility index (Phi) is 3.15. The number of anilines is 1. The number of hydrogen-bond acceptors (Lipinski definition) is 2. The molecule has 1 saturated carbocycles. The number of hydrogen-bond donors (Lipinski definition) is 1. The maximum Gasteiger partial charge on any atom is 0.146 e. The molecule has 0 aromatic heterocycles. The van der Waals surface area contributed by atoms with Gasteiger partial charge in [-0.3, -0.25) is 0 Å². The molecule has 0 saturated heterocycles. The summed E-state index contributed by atoms with van der Waals surface area (Å²) in [4.78, 5) is 2.25. The van der Waals surface area contributed by atoms with Crippen LogP contribution < -0.4 is 5.73 Å². The summed E-state index contributed by atoms with van der Waals surface area (Å²) in [7, 11) is 2.08. The second-order valence-electron chi connectivity index (χ2n) is 5.03. The van der Waals surface area contributed by atoms with Crippen LogP contribution in [0.4, 0.5) is 10.1 Å². The van der Waals surface area contributed by atoms with Crippen LogP contribution in [0.15, 0.2) is 18.2 Å². The third kappa shape index (κ3) is 2.73. The summed E-state index contributed by atoms with van der Waals surface area (Å²) in [5.41, 5.74) is 6.65. The Morgan fingerprint density at radius 2 is 2.19 bits per heavy atom. The van der Waals surface area contributed by atoms with Gasteiger partial charge in [-0.05, 0) is 43.0 Å². The van der Waals surface area contributed by atoms with Crippen LogP contribution in [0, 0.1) is 17.7 Å². The lowest BCUT2D eigenvalue weighted by atomic mass is 10.2. The number of nitrogen functional groups attached to an aromatic ring is 1. The van der Waals surface area contributed by atoms with Crippen molar-refractivity contribution in [2.75, 3.05) is 19.3 Å². The third-order valence-electron chi connectivity index (χ3n) is 3.34. The third-order valence-corrected chi connectivity index (χ3v) is 3.34. The molecule has 2 nitrogen and oxygen atoms in total. The maximum atomic E-state index is 13.2. The maximum absolute atomic E-state index is 13.2. The van der Waals surface area contributed by atoms with E-state index < -0.39 is 0 Å². The summed E-state index contributed by atoms with van der Waals surface area (Å²) in [6.45, 7) is 4.18. The molecule has 3 heteroatoms. The predicted octanol–water partition coefficient (Wildman–Crippen LogP) is 2.50. The molecule has 2 unspecified atom stereocenters. The summed E-state index contributed by atoms with van der Waals surface area (Å²) in [6.07, 6.45) is 1.33. The van der Waals surface area contributed by atoms with E-state index in [2.05, 4.69) is 18.9 Å². The molecule has 1 aliphatic carbocycles. The van der Waals surface area contributed by atoms with Crippen LogP contribution in [-0.2, 0) is 6.54 Å². The van der Waals surface area contributed by atoms with Gasteiger partial charge >= 0.3 is 0 Å². The van der Waals surface area contributed by atoms with Gasteiger partial charge in [-0.25, -0.2) is 4.39 Å². The smallest absolute Gasteiger partial charge is 0.146 e. The normalized spacial score (nSPS) is 23.8. The zero-order valence-corrected chi connectivity index (χ0v) is 9.91. The predicted molar refractivity (Wildman–Crippen MR) is 64.4 cm³/mol. The summed E-state index contributed by atoms with van der Waals surface area (Å²) < 4.78 is 13.2. The zero-order valence-electron chi connectivity index (χ0n) is 9.91. The van der Waals surface area contributed by atoms with E-state index in [1.165, 1.54) is 12.5 Å². The van der Waals surface area contributed by atoms with Crippen LogP contribution in [0.3, 0.4) is 0 Å². The minimum Gasteiger partial charge on any atom is -0.396 e. The van der Waals surface area contributed by atoms with Crippen molar-refractivity contribution in [1.82, 2.24) is 4.90 Å². The van der Waals surface area contributed by atoms with Crippen molar-refractivity contribution in [3.8, 4) is 0 Å². The fourth-order valence-electron chi connectivity index (χ4n) is 2.10. The van der Waals surface area contributed by atoms with Crippen molar-refractivity contribution in [1.29, 1.82) is 0 Å². The van der Waals surface area contributed by atoms with E-state index in [4.69, 9.17) is 5.73 Å². The van der Waals surface area contributed by atoms with E-state index in [1.54, 1.807) is 6.07 Å². The van der Waals surface area contributed by atoms with Crippen LogP contribution in [-0.4, -0.2) is 18.5 Å². The molecule has 88 valence electrons. The Labute approximate surface area is 96.2 Å². The van der Waals surface area contributed by atoms with Crippen molar-refractivity contribution in [2.45, 2.75) is 19.9 Å². The number of rotatable bonds is 4. The highest BCUT2D eigenvalue weighted by molar-refractivity contribution is 5.41. The van der Waals surface area contributed by atoms with Crippen LogP contribution in [0.25, 0.3) is 0 Å². The van der Waals surface area contributed by atoms with Gasteiger partial charge in [-0.15, -0.1) is 0 Å². The van der Waals surface area contributed by atoms with Gasteiger partial charge < -0.3 is 10.6 Å². The van der Waals surface area contributed by atoms with Gasteiger partial charge in [0.2, 0.25) is 0 Å². The van der Waals surface area contributed by atoms with Crippen LogP contribution >= 0.6 is 0 Å². The molecule has 16 heavy (non-hydrogen) atoms.